The zero-order valence-corrected chi connectivity index (χ0v) is 12.4. The molecule has 0 heterocycles. The fourth-order valence-corrected chi connectivity index (χ4v) is 1.55. The Labute approximate surface area is 112 Å². The summed E-state index contributed by atoms with van der Waals surface area (Å²) in [6.07, 6.45) is 1.05. The molecule has 102 valence electrons. The molecule has 1 aromatic rings. The van der Waals surface area contributed by atoms with Crippen LogP contribution in [0.3, 0.4) is 0 Å². The van der Waals surface area contributed by atoms with Gasteiger partial charge in [0.25, 0.3) is 0 Å². The lowest BCUT2D eigenvalue weighted by molar-refractivity contribution is 0.209. The summed E-state index contributed by atoms with van der Waals surface area (Å²) >= 11 is 0. The van der Waals surface area contributed by atoms with Gasteiger partial charge in [0.1, 0.15) is 5.75 Å². The Balaban J connectivity index is 2.29. The van der Waals surface area contributed by atoms with Crippen molar-refractivity contribution in [3.8, 4) is 5.75 Å². The van der Waals surface area contributed by atoms with E-state index in [1.54, 1.807) is 0 Å². The number of nitrogens with one attached hydrogen (secondary N) is 1. The minimum Gasteiger partial charge on any atom is -0.494 e. The number of hydrogen-bond donors (Lipinski definition) is 1. The van der Waals surface area contributed by atoms with Crippen LogP contribution in [0.15, 0.2) is 30.3 Å². The van der Waals surface area contributed by atoms with Crippen molar-refractivity contribution in [2.45, 2.75) is 46.6 Å². The second-order valence-electron chi connectivity index (χ2n) is 6.68. The Bertz CT molecular complexity index is 338. The zero-order valence-electron chi connectivity index (χ0n) is 12.4. The minimum absolute atomic E-state index is 0.178. The van der Waals surface area contributed by atoms with Gasteiger partial charge >= 0.3 is 0 Å². The van der Waals surface area contributed by atoms with Crippen LogP contribution in [0.1, 0.15) is 41.0 Å². The Kier molecular flexibility index (Phi) is 5.21. The molecule has 0 unspecified atom stereocenters. The van der Waals surface area contributed by atoms with Gasteiger partial charge in [-0.1, -0.05) is 32.0 Å². The first kappa shape index (κ1) is 15.0. The second-order valence-corrected chi connectivity index (χ2v) is 6.68. The van der Waals surface area contributed by atoms with Crippen molar-refractivity contribution in [3.63, 3.8) is 0 Å². The van der Waals surface area contributed by atoms with Crippen LogP contribution < -0.4 is 10.1 Å². The van der Waals surface area contributed by atoms with Crippen molar-refractivity contribution in [2.24, 2.45) is 5.41 Å². The molecule has 0 bridgehead atoms. The van der Waals surface area contributed by atoms with E-state index in [1.807, 2.05) is 30.3 Å². The lowest BCUT2D eigenvalue weighted by Crippen LogP contribution is -2.42. The summed E-state index contributed by atoms with van der Waals surface area (Å²) in [4.78, 5) is 0. The molecule has 0 atom stereocenters. The molecule has 0 radical (unpaired) electrons. The number of para-hydroxylation sites is 1. The van der Waals surface area contributed by atoms with Crippen LogP contribution in [0.25, 0.3) is 0 Å². The van der Waals surface area contributed by atoms with E-state index >= 15 is 0 Å². The first-order chi connectivity index (χ1) is 8.29. The highest BCUT2D eigenvalue weighted by molar-refractivity contribution is 5.20. The van der Waals surface area contributed by atoms with Crippen molar-refractivity contribution in [2.75, 3.05) is 13.2 Å². The molecule has 0 saturated heterocycles. The van der Waals surface area contributed by atoms with Crippen molar-refractivity contribution in [3.05, 3.63) is 30.3 Å². The third kappa shape index (κ3) is 6.65. The fraction of sp³-hybridized carbons (Fsp3) is 0.625. The number of rotatable bonds is 6. The van der Waals surface area contributed by atoms with Crippen LogP contribution in [0, 0.1) is 5.41 Å². The first-order valence-electron chi connectivity index (χ1n) is 6.71. The van der Waals surface area contributed by atoms with Gasteiger partial charge in [0.2, 0.25) is 0 Å². The number of hydrogen-bond acceptors (Lipinski definition) is 2. The van der Waals surface area contributed by atoms with Crippen molar-refractivity contribution < 1.29 is 4.74 Å². The average Bonchev–Trinajstić information content (AvgIpc) is 2.27. The van der Waals surface area contributed by atoms with E-state index in [4.69, 9.17) is 4.74 Å². The molecular weight excluding hydrogens is 222 g/mol. The van der Waals surface area contributed by atoms with Crippen LogP contribution in [0.2, 0.25) is 0 Å². The summed E-state index contributed by atoms with van der Waals surface area (Å²) in [7, 11) is 0. The van der Waals surface area contributed by atoms with E-state index in [1.165, 1.54) is 0 Å². The van der Waals surface area contributed by atoms with Gasteiger partial charge in [-0.25, -0.2) is 0 Å². The molecule has 0 amide bonds. The normalized spacial score (nSPS) is 12.5. The summed E-state index contributed by atoms with van der Waals surface area (Å²) in [5.74, 6) is 0.956. The van der Waals surface area contributed by atoms with Crippen LogP contribution in [0.4, 0.5) is 0 Å². The molecule has 0 aliphatic rings. The summed E-state index contributed by atoms with van der Waals surface area (Å²) in [5.41, 5.74) is 0.430. The Hall–Kier alpha value is -1.02. The lowest BCUT2D eigenvalue weighted by atomic mass is 9.88. The van der Waals surface area contributed by atoms with Crippen LogP contribution in [-0.2, 0) is 0 Å². The van der Waals surface area contributed by atoms with E-state index in [0.29, 0.717) is 0 Å². The average molecular weight is 249 g/mol. The zero-order chi connectivity index (χ0) is 13.6. The minimum atomic E-state index is 0.178. The van der Waals surface area contributed by atoms with Crippen LogP contribution >= 0.6 is 0 Å². The monoisotopic (exact) mass is 249 g/mol. The van der Waals surface area contributed by atoms with Gasteiger partial charge in [-0.05, 0) is 44.7 Å². The van der Waals surface area contributed by atoms with Crippen LogP contribution in [-0.4, -0.2) is 18.7 Å². The first-order valence-corrected chi connectivity index (χ1v) is 6.71. The van der Waals surface area contributed by atoms with E-state index < -0.39 is 0 Å². The fourth-order valence-electron chi connectivity index (χ4n) is 1.55. The quantitative estimate of drug-likeness (QED) is 0.826. The van der Waals surface area contributed by atoms with Crippen molar-refractivity contribution in [1.82, 2.24) is 5.32 Å². The Morgan fingerprint density at radius 2 is 1.61 bits per heavy atom. The van der Waals surface area contributed by atoms with E-state index in [9.17, 15) is 0 Å². The standard InChI is InChI=1S/C16H27NO/c1-15(2,3)17-13-16(4,5)11-12-18-14-9-7-6-8-10-14/h6-10,17H,11-13H2,1-5H3. The molecule has 0 saturated carbocycles. The molecule has 1 N–H and O–H groups in total. The maximum absolute atomic E-state index is 5.75. The van der Waals surface area contributed by atoms with E-state index in [-0.39, 0.29) is 11.0 Å². The Morgan fingerprint density at radius 1 is 1.00 bits per heavy atom. The van der Waals surface area contributed by atoms with Gasteiger partial charge in [0.15, 0.2) is 0 Å². The summed E-state index contributed by atoms with van der Waals surface area (Å²) < 4.78 is 5.75. The third-order valence-corrected chi connectivity index (χ3v) is 2.89. The van der Waals surface area contributed by atoms with Gasteiger partial charge < -0.3 is 10.1 Å². The predicted octanol–water partition coefficient (Wildman–Crippen LogP) is 3.87. The Morgan fingerprint density at radius 3 is 2.17 bits per heavy atom. The molecule has 2 heteroatoms. The molecule has 0 fully saturated rings. The molecule has 18 heavy (non-hydrogen) atoms. The maximum atomic E-state index is 5.75. The molecule has 2 nitrogen and oxygen atoms in total. The van der Waals surface area contributed by atoms with Gasteiger partial charge in [0, 0.05) is 12.1 Å². The van der Waals surface area contributed by atoms with Crippen LogP contribution in [0.5, 0.6) is 5.75 Å². The molecule has 0 spiro atoms. The highest BCUT2D eigenvalue weighted by Crippen LogP contribution is 2.21. The van der Waals surface area contributed by atoms with Gasteiger partial charge in [-0.2, -0.15) is 0 Å². The van der Waals surface area contributed by atoms with Gasteiger partial charge in [-0.15, -0.1) is 0 Å². The van der Waals surface area contributed by atoms with Gasteiger partial charge in [-0.3, -0.25) is 0 Å². The largest absolute Gasteiger partial charge is 0.494 e. The lowest BCUT2D eigenvalue weighted by Gasteiger charge is -2.30. The van der Waals surface area contributed by atoms with Crippen molar-refractivity contribution >= 4 is 0 Å². The molecule has 0 aromatic heterocycles. The summed E-state index contributed by atoms with van der Waals surface area (Å²) in [6, 6.07) is 10.0. The molecule has 1 rings (SSSR count). The van der Waals surface area contributed by atoms with E-state index in [2.05, 4.69) is 39.9 Å². The number of benzene rings is 1. The predicted molar refractivity (Wildman–Crippen MR) is 78.1 cm³/mol. The smallest absolute Gasteiger partial charge is 0.119 e. The SMILES string of the molecule is CC(C)(CCOc1ccccc1)CNC(C)(C)C. The molecule has 0 aliphatic heterocycles. The molecule has 0 aliphatic carbocycles. The summed E-state index contributed by atoms with van der Waals surface area (Å²) in [6.45, 7) is 12.9. The third-order valence-electron chi connectivity index (χ3n) is 2.89. The molecular formula is C16H27NO. The highest BCUT2D eigenvalue weighted by Gasteiger charge is 2.20. The maximum Gasteiger partial charge on any atom is 0.119 e. The van der Waals surface area contributed by atoms with E-state index in [0.717, 1.165) is 25.3 Å². The topological polar surface area (TPSA) is 21.3 Å². The number of ether oxygens (including phenoxy) is 1. The summed E-state index contributed by atoms with van der Waals surface area (Å²) in [5, 5.41) is 3.56. The molecule has 1 aromatic carbocycles. The van der Waals surface area contributed by atoms with Crippen molar-refractivity contribution in [1.29, 1.82) is 0 Å². The second kappa shape index (κ2) is 6.24. The highest BCUT2D eigenvalue weighted by atomic mass is 16.5. The van der Waals surface area contributed by atoms with Gasteiger partial charge in [0.05, 0.1) is 6.61 Å².